The van der Waals surface area contributed by atoms with Crippen LogP contribution in [0.2, 0.25) is 5.02 Å². The Morgan fingerprint density at radius 1 is 1.19 bits per heavy atom. The molecule has 0 radical (unpaired) electrons. The van der Waals surface area contributed by atoms with Gasteiger partial charge in [-0.05, 0) is 67.3 Å². The van der Waals surface area contributed by atoms with E-state index >= 15 is 0 Å². The zero-order chi connectivity index (χ0) is 24.1. The van der Waals surface area contributed by atoms with Gasteiger partial charge in [-0.3, -0.25) is 4.79 Å². The lowest BCUT2D eigenvalue weighted by Gasteiger charge is -2.16. The number of methoxy groups -OCH3 is 1. The number of hydrogen-bond acceptors (Lipinski definition) is 5. The average molecular weight is 481 g/mol. The van der Waals surface area contributed by atoms with Gasteiger partial charge in [0.25, 0.3) is 0 Å². The SMILES string of the molecule is CCCOc1c(Cl)cc(/C=C/C(=O)Nc2cc(S(=O)(=O)N(C)C)cc(C)c2C)cc1OC. The summed E-state index contributed by atoms with van der Waals surface area (Å²) in [4.78, 5) is 12.7. The van der Waals surface area contributed by atoms with Gasteiger partial charge < -0.3 is 14.8 Å². The third-order valence-corrected chi connectivity index (χ3v) is 6.88. The van der Waals surface area contributed by atoms with Gasteiger partial charge in [-0.2, -0.15) is 0 Å². The van der Waals surface area contributed by atoms with Crippen molar-refractivity contribution in [2.45, 2.75) is 32.1 Å². The molecular formula is C23H29ClN2O5S. The van der Waals surface area contributed by atoms with Crippen LogP contribution in [0.3, 0.4) is 0 Å². The Bertz CT molecular complexity index is 1130. The molecule has 1 amide bonds. The second kappa shape index (κ2) is 10.8. The molecule has 0 heterocycles. The molecule has 2 aromatic rings. The molecule has 32 heavy (non-hydrogen) atoms. The van der Waals surface area contributed by atoms with Crippen LogP contribution >= 0.6 is 11.6 Å². The van der Waals surface area contributed by atoms with Crippen LogP contribution in [0.25, 0.3) is 6.08 Å². The van der Waals surface area contributed by atoms with Crippen LogP contribution in [0.5, 0.6) is 11.5 Å². The van der Waals surface area contributed by atoms with Crippen LogP contribution in [0.4, 0.5) is 5.69 Å². The number of carbonyl (C=O) groups is 1. The third-order valence-electron chi connectivity index (χ3n) is 4.81. The number of hydrogen-bond donors (Lipinski definition) is 1. The molecule has 9 heteroatoms. The molecule has 0 fully saturated rings. The maximum absolute atomic E-state index is 12.5. The zero-order valence-corrected chi connectivity index (χ0v) is 20.7. The zero-order valence-electron chi connectivity index (χ0n) is 19.2. The molecule has 1 N–H and O–H groups in total. The van der Waals surface area contributed by atoms with E-state index in [9.17, 15) is 13.2 Å². The Morgan fingerprint density at radius 3 is 2.47 bits per heavy atom. The van der Waals surface area contributed by atoms with E-state index < -0.39 is 15.9 Å². The summed E-state index contributed by atoms with van der Waals surface area (Å²) < 4.78 is 37.1. The van der Waals surface area contributed by atoms with Gasteiger partial charge in [0.05, 0.1) is 23.6 Å². The standard InChI is InChI=1S/C23H29ClN2O5S/c1-7-10-31-23-19(24)12-17(13-21(23)30-6)8-9-22(27)25-20-14-18(11-15(2)16(20)3)32(28,29)26(4)5/h8-9,11-14H,7,10H2,1-6H3,(H,25,27)/b9-8+. The summed E-state index contributed by atoms with van der Waals surface area (Å²) in [5.74, 6) is 0.523. The number of anilines is 1. The molecule has 7 nitrogen and oxygen atoms in total. The van der Waals surface area contributed by atoms with Crippen LogP contribution in [-0.4, -0.2) is 46.4 Å². The van der Waals surface area contributed by atoms with Crippen molar-refractivity contribution >= 4 is 39.3 Å². The largest absolute Gasteiger partial charge is 0.493 e. The van der Waals surface area contributed by atoms with Gasteiger partial charge in [0.2, 0.25) is 15.9 Å². The van der Waals surface area contributed by atoms with Gasteiger partial charge in [-0.25, -0.2) is 12.7 Å². The maximum Gasteiger partial charge on any atom is 0.248 e. The molecule has 0 unspecified atom stereocenters. The first-order valence-electron chi connectivity index (χ1n) is 10.0. The van der Waals surface area contributed by atoms with Crippen LogP contribution in [-0.2, 0) is 14.8 Å². The van der Waals surface area contributed by atoms with Crippen molar-refractivity contribution in [1.29, 1.82) is 0 Å². The molecule has 2 aromatic carbocycles. The van der Waals surface area contributed by atoms with Crippen LogP contribution < -0.4 is 14.8 Å². The minimum Gasteiger partial charge on any atom is -0.493 e. The van der Waals surface area contributed by atoms with Crippen molar-refractivity contribution in [3.63, 3.8) is 0 Å². The summed E-state index contributed by atoms with van der Waals surface area (Å²) in [6, 6.07) is 6.45. The Hall–Kier alpha value is -2.55. The van der Waals surface area contributed by atoms with Crippen molar-refractivity contribution in [3.8, 4) is 11.5 Å². The number of halogens is 1. The van der Waals surface area contributed by atoms with E-state index in [-0.39, 0.29) is 4.90 Å². The van der Waals surface area contributed by atoms with Gasteiger partial charge in [-0.15, -0.1) is 0 Å². The quantitative estimate of drug-likeness (QED) is 0.528. The Morgan fingerprint density at radius 2 is 1.88 bits per heavy atom. The highest BCUT2D eigenvalue weighted by Gasteiger charge is 2.20. The fraction of sp³-hybridized carbons (Fsp3) is 0.348. The number of carbonyl (C=O) groups excluding carboxylic acids is 1. The predicted octanol–water partition coefficient (Wildman–Crippen LogP) is 4.66. The van der Waals surface area contributed by atoms with E-state index in [0.717, 1.165) is 21.9 Å². The first-order chi connectivity index (χ1) is 15.0. The molecule has 0 atom stereocenters. The second-order valence-electron chi connectivity index (χ2n) is 7.41. The molecule has 0 aliphatic carbocycles. The molecular weight excluding hydrogens is 452 g/mol. The number of amides is 1. The lowest BCUT2D eigenvalue weighted by atomic mass is 10.1. The topological polar surface area (TPSA) is 84.9 Å². The van der Waals surface area contributed by atoms with E-state index in [1.807, 2.05) is 13.8 Å². The molecule has 0 saturated heterocycles. The summed E-state index contributed by atoms with van der Waals surface area (Å²) in [6.07, 6.45) is 3.77. The van der Waals surface area contributed by atoms with Crippen molar-refractivity contribution in [1.82, 2.24) is 4.31 Å². The van der Waals surface area contributed by atoms with Crippen molar-refractivity contribution in [2.75, 3.05) is 33.1 Å². The summed E-state index contributed by atoms with van der Waals surface area (Å²) in [7, 11) is 0.812. The molecule has 0 bridgehead atoms. The molecule has 0 aliphatic rings. The number of sulfonamides is 1. The average Bonchev–Trinajstić information content (AvgIpc) is 2.73. The van der Waals surface area contributed by atoms with Crippen molar-refractivity contribution in [2.24, 2.45) is 0 Å². The van der Waals surface area contributed by atoms with E-state index in [4.69, 9.17) is 21.1 Å². The van der Waals surface area contributed by atoms with Gasteiger partial charge in [0.1, 0.15) is 0 Å². The number of benzene rings is 2. The fourth-order valence-electron chi connectivity index (χ4n) is 2.84. The first kappa shape index (κ1) is 25.7. The Balaban J connectivity index is 2.28. The minimum absolute atomic E-state index is 0.115. The lowest BCUT2D eigenvalue weighted by molar-refractivity contribution is -0.111. The first-order valence-corrected chi connectivity index (χ1v) is 11.9. The number of nitrogens with zero attached hydrogens (tertiary/aromatic N) is 1. The number of rotatable bonds is 9. The lowest BCUT2D eigenvalue weighted by Crippen LogP contribution is -2.22. The van der Waals surface area contributed by atoms with Crippen LogP contribution in [0, 0.1) is 13.8 Å². The van der Waals surface area contributed by atoms with E-state index in [1.165, 1.54) is 33.3 Å². The number of ether oxygens (including phenoxy) is 2. The second-order valence-corrected chi connectivity index (χ2v) is 9.96. The monoisotopic (exact) mass is 480 g/mol. The van der Waals surface area contributed by atoms with Crippen LogP contribution in [0.15, 0.2) is 35.2 Å². The van der Waals surface area contributed by atoms with Crippen LogP contribution in [0.1, 0.15) is 30.0 Å². The molecule has 0 aliphatic heterocycles. The summed E-state index contributed by atoms with van der Waals surface area (Å²) in [5, 5.41) is 3.14. The van der Waals surface area contributed by atoms with E-state index in [1.54, 1.807) is 31.2 Å². The summed E-state index contributed by atoms with van der Waals surface area (Å²) in [6.45, 7) is 6.12. The third kappa shape index (κ3) is 6.03. The summed E-state index contributed by atoms with van der Waals surface area (Å²) in [5.41, 5.74) is 2.62. The molecule has 0 saturated carbocycles. The van der Waals surface area contributed by atoms with Crippen molar-refractivity contribution in [3.05, 3.63) is 52.1 Å². The van der Waals surface area contributed by atoms with E-state index in [2.05, 4.69) is 5.32 Å². The number of aryl methyl sites for hydroxylation is 1. The summed E-state index contributed by atoms with van der Waals surface area (Å²) >= 11 is 6.32. The smallest absolute Gasteiger partial charge is 0.248 e. The molecule has 2 rings (SSSR count). The fourth-order valence-corrected chi connectivity index (χ4v) is 4.13. The molecule has 0 aromatic heterocycles. The van der Waals surface area contributed by atoms with Gasteiger partial charge >= 0.3 is 0 Å². The van der Waals surface area contributed by atoms with Gasteiger partial charge in [-0.1, -0.05) is 18.5 Å². The highest BCUT2D eigenvalue weighted by molar-refractivity contribution is 7.89. The predicted molar refractivity (Wildman–Crippen MR) is 128 cm³/mol. The minimum atomic E-state index is -3.63. The Kier molecular flexibility index (Phi) is 8.72. The highest BCUT2D eigenvalue weighted by Crippen LogP contribution is 2.37. The molecule has 174 valence electrons. The van der Waals surface area contributed by atoms with Gasteiger partial charge in [0, 0.05) is 25.9 Å². The maximum atomic E-state index is 12.5. The molecule has 0 spiro atoms. The number of nitrogens with one attached hydrogen (secondary N) is 1. The Labute approximate surface area is 195 Å². The van der Waals surface area contributed by atoms with Crippen molar-refractivity contribution < 1.29 is 22.7 Å². The normalized spacial score (nSPS) is 11.8. The highest BCUT2D eigenvalue weighted by atomic mass is 35.5. The van der Waals surface area contributed by atoms with E-state index in [0.29, 0.717) is 34.4 Å². The van der Waals surface area contributed by atoms with Gasteiger partial charge in [0.15, 0.2) is 11.5 Å².